The molecule has 18 heavy (non-hydrogen) atoms. The first-order valence-electron chi connectivity index (χ1n) is 5.63. The standard InChI is InChI=1S/C12H17ClN2O3/c1-17-9-5-6-11(10(13)8-9)18-7-3-2-4-12(16)15-14/h5-6,8H,2-4,7,14H2,1H3,(H,15,16). The topological polar surface area (TPSA) is 73.6 Å². The number of ether oxygens (including phenoxy) is 2. The van der Waals surface area contributed by atoms with Gasteiger partial charge in [0.1, 0.15) is 11.5 Å². The van der Waals surface area contributed by atoms with Gasteiger partial charge in [0, 0.05) is 12.5 Å². The first-order valence-corrected chi connectivity index (χ1v) is 6.01. The maximum atomic E-state index is 10.9. The molecule has 1 aromatic carbocycles. The maximum absolute atomic E-state index is 10.9. The van der Waals surface area contributed by atoms with E-state index in [2.05, 4.69) is 5.43 Å². The lowest BCUT2D eigenvalue weighted by Gasteiger charge is -2.09. The van der Waals surface area contributed by atoms with Crippen molar-refractivity contribution in [3.05, 3.63) is 23.2 Å². The molecular formula is C12H17ClN2O3. The second kappa shape index (κ2) is 7.79. The van der Waals surface area contributed by atoms with Crippen LogP contribution in [0, 0.1) is 0 Å². The third-order valence-corrected chi connectivity index (χ3v) is 2.65. The Bertz CT molecular complexity index is 399. The van der Waals surface area contributed by atoms with E-state index >= 15 is 0 Å². The van der Waals surface area contributed by atoms with Gasteiger partial charge in [0.15, 0.2) is 0 Å². The minimum atomic E-state index is -0.169. The van der Waals surface area contributed by atoms with E-state index in [0.29, 0.717) is 29.5 Å². The zero-order valence-electron chi connectivity index (χ0n) is 10.2. The van der Waals surface area contributed by atoms with Crippen molar-refractivity contribution in [1.82, 2.24) is 5.43 Å². The Morgan fingerprint density at radius 3 is 2.83 bits per heavy atom. The monoisotopic (exact) mass is 272 g/mol. The minimum absolute atomic E-state index is 0.169. The number of hydrogen-bond acceptors (Lipinski definition) is 4. The van der Waals surface area contributed by atoms with Crippen LogP contribution in [0.5, 0.6) is 11.5 Å². The smallest absolute Gasteiger partial charge is 0.233 e. The molecule has 5 nitrogen and oxygen atoms in total. The van der Waals surface area contributed by atoms with Gasteiger partial charge >= 0.3 is 0 Å². The van der Waals surface area contributed by atoms with Crippen LogP contribution in [0.15, 0.2) is 18.2 Å². The van der Waals surface area contributed by atoms with Crippen molar-refractivity contribution in [1.29, 1.82) is 0 Å². The molecular weight excluding hydrogens is 256 g/mol. The number of hydrazine groups is 1. The summed E-state index contributed by atoms with van der Waals surface area (Å²) < 4.78 is 10.5. The predicted octanol–water partition coefficient (Wildman–Crippen LogP) is 1.89. The van der Waals surface area contributed by atoms with Crippen molar-refractivity contribution in [2.45, 2.75) is 19.3 Å². The van der Waals surface area contributed by atoms with E-state index in [1.807, 2.05) is 0 Å². The number of amides is 1. The summed E-state index contributed by atoms with van der Waals surface area (Å²) in [5.74, 6) is 6.09. The van der Waals surface area contributed by atoms with Crippen molar-refractivity contribution >= 4 is 17.5 Å². The SMILES string of the molecule is COc1ccc(OCCCCC(=O)NN)c(Cl)c1. The normalized spacial score (nSPS) is 9.94. The van der Waals surface area contributed by atoms with Gasteiger partial charge in [-0.1, -0.05) is 11.6 Å². The van der Waals surface area contributed by atoms with Crippen molar-refractivity contribution in [2.24, 2.45) is 5.84 Å². The Kier molecular flexibility index (Phi) is 6.32. The van der Waals surface area contributed by atoms with Gasteiger partial charge in [0.05, 0.1) is 18.7 Å². The quantitative estimate of drug-likeness (QED) is 0.344. The highest BCUT2D eigenvalue weighted by molar-refractivity contribution is 6.32. The number of halogens is 1. The summed E-state index contributed by atoms with van der Waals surface area (Å²) in [6, 6.07) is 5.23. The van der Waals surface area contributed by atoms with Crippen LogP contribution in [0.4, 0.5) is 0 Å². The van der Waals surface area contributed by atoms with E-state index < -0.39 is 0 Å². The molecule has 0 saturated carbocycles. The molecule has 0 bridgehead atoms. The van der Waals surface area contributed by atoms with Crippen molar-refractivity contribution in [3.63, 3.8) is 0 Å². The second-order valence-electron chi connectivity index (χ2n) is 3.67. The molecule has 0 aliphatic carbocycles. The molecule has 0 radical (unpaired) electrons. The number of benzene rings is 1. The summed E-state index contributed by atoms with van der Waals surface area (Å²) in [5.41, 5.74) is 2.08. The summed E-state index contributed by atoms with van der Waals surface area (Å²) in [5, 5.41) is 0.508. The lowest BCUT2D eigenvalue weighted by atomic mass is 10.2. The molecule has 1 aromatic rings. The van der Waals surface area contributed by atoms with E-state index in [9.17, 15) is 4.79 Å². The summed E-state index contributed by atoms with van der Waals surface area (Å²) in [4.78, 5) is 10.9. The third kappa shape index (κ3) is 4.81. The fraction of sp³-hybridized carbons (Fsp3) is 0.417. The molecule has 100 valence electrons. The number of rotatable bonds is 7. The summed E-state index contributed by atoms with van der Waals surface area (Å²) in [6.45, 7) is 0.504. The van der Waals surface area contributed by atoms with Crippen LogP contribution >= 0.6 is 11.6 Å². The fourth-order valence-corrected chi connectivity index (χ4v) is 1.59. The summed E-state index contributed by atoms with van der Waals surface area (Å²) in [6.07, 6.45) is 1.88. The number of carbonyl (C=O) groups is 1. The molecule has 0 atom stereocenters. The van der Waals surface area contributed by atoms with Crippen LogP contribution in [0.2, 0.25) is 5.02 Å². The molecule has 0 aliphatic heterocycles. The van der Waals surface area contributed by atoms with Crippen molar-refractivity contribution < 1.29 is 14.3 Å². The van der Waals surface area contributed by atoms with Crippen LogP contribution in [0.3, 0.4) is 0 Å². The molecule has 0 aromatic heterocycles. The van der Waals surface area contributed by atoms with Crippen LogP contribution in [-0.4, -0.2) is 19.6 Å². The number of nitrogens with one attached hydrogen (secondary N) is 1. The van der Waals surface area contributed by atoms with Gasteiger partial charge < -0.3 is 9.47 Å². The number of carbonyl (C=O) groups excluding carboxylic acids is 1. The van der Waals surface area contributed by atoms with Crippen LogP contribution in [0.25, 0.3) is 0 Å². The van der Waals surface area contributed by atoms with Gasteiger partial charge in [0.2, 0.25) is 5.91 Å². The molecule has 0 heterocycles. The average molecular weight is 273 g/mol. The highest BCUT2D eigenvalue weighted by Crippen LogP contribution is 2.28. The van der Waals surface area contributed by atoms with Gasteiger partial charge in [-0.2, -0.15) is 0 Å². The number of hydrogen-bond donors (Lipinski definition) is 2. The second-order valence-corrected chi connectivity index (χ2v) is 4.08. The van der Waals surface area contributed by atoms with Gasteiger partial charge in [-0.15, -0.1) is 0 Å². The van der Waals surface area contributed by atoms with Crippen LogP contribution in [-0.2, 0) is 4.79 Å². The number of nitrogens with two attached hydrogens (primary N) is 1. The first-order chi connectivity index (χ1) is 8.67. The van der Waals surface area contributed by atoms with Crippen molar-refractivity contribution in [2.75, 3.05) is 13.7 Å². The Labute approximate surface area is 111 Å². The molecule has 0 aliphatic rings. The molecule has 3 N–H and O–H groups in total. The van der Waals surface area contributed by atoms with Crippen LogP contribution in [0.1, 0.15) is 19.3 Å². The molecule has 0 saturated heterocycles. The Hall–Kier alpha value is -1.46. The summed E-state index contributed by atoms with van der Waals surface area (Å²) >= 11 is 6.01. The van der Waals surface area contributed by atoms with E-state index in [0.717, 1.165) is 12.8 Å². The fourth-order valence-electron chi connectivity index (χ4n) is 1.37. The Balaban J connectivity index is 2.29. The lowest BCUT2D eigenvalue weighted by molar-refractivity contribution is -0.121. The van der Waals surface area contributed by atoms with Gasteiger partial charge in [-0.25, -0.2) is 5.84 Å². The highest BCUT2D eigenvalue weighted by atomic mass is 35.5. The molecule has 1 rings (SSSR count). The number of methoxy groups -OCH3 is 1. The lowest BCUT2D eigenvalue weighted by Crippen LogP contribution is -2.29. The first kappa shape index (κ1) is 14.6. The average Bonchev–Trinajstić information content (AvgIpc) is 2.39. The zero-order valence-corrected chi connectivity index (χ0v) is 11.0. The third-order valence-electron chi connectivity index (χ3n) is 2.36. The molecule has 0 spiro atoms. The van der Waals surface area contributed by atoms with E-state index in [-0.39, 0.29) is 5.91 Å². The summed E-state index contributed by atoms with van der Waals surface area (Å²) in [7, 11) is 1.58. The minimum Gasteiger partial charge on any atom is -0.497 e. The molecule has 0 fully saturated rings. The van der Waals surface area contributed by atoms with Gasteiger partial charge in [-0.3, -0.25) is 10.2 Å². The molecule has 0 unspecified atom stereocenters. The maximum Gasteiger partial charge on any atom is 0.233 e. The molecule has 6 heteroatoms. The zero-order chi connectivity index (χ0) is 13.4. The largest absolute Gasteiger partial charge is 0.497 e. The van der Waals surface area contributed by atoms with Gasteiger partial charge in [-0.05, 0) is 25.0 Å². The van der Waals surface area contributed by atoms with Crippen LogP contribution < -0.4 is 20.7 Å². The Morgan fingerprint density at radius 2 is 2.22 bits per heavy atom. The Morgan fingerprint density at radius 1 is 1.44 bits per heavy atom. The number of unbranched alkanes of at least 4 members (excludes halogenated alkanes) is 1. The van der Waals surface area contributed by atoms with E-state index in [4.69, 9.17) is 26.9 Å². The van der Waals surface area contributed by atoms with E-state index in [1.54, 1.807) is 25.3 Å². The highest BCUT2D eigenvalue weighted by Gasteiger charge is 2.03. The predicted molar refractivity (Wildman–Crippen MR) is 69.7 cm³/mol. The van der Waals surface area contributed by atoms with E-state index in [1.165, 1.54) is 0 Å². The molecule has 1 amide bonds. The van der Waals surface area contributed by atoms with Gasteiger partial charge in [0.25, 0.3) is 0 Å². The van der Waals surface area contributed by atoms with Crippen molar-refractivity contribution in [3.8, 4) is 11.5 Å².